The number of anilines is 2. The Morgan fingerprint density at radius 1 is 0.968 bits per heavy atom. The molecule has 0 aliphatic carbocycles. The smallest absolute Gasteiger partial charge is 0.268 e. The number of carbonyl (C=O) groups excluding carboxylic acids is 3. The van der Waals surface area contributed by atoms with Crippen LogP contribution in [0.15, 0.2) is 53.9 Å². The first kappa shape index (κ1) is 22.0. The van der Waals surface area contributed by atoms with Crippen molar-refractivity contribution >= 4 is 40.4 Å². The summed E-state index contributed by atoms with van der Waals surface area (Å²) in [6.07, 6.45) is 0. The van der Waals surface area contributed by atoms with Gasteiger partial charge in [-0.05, 0) is 35.7 Å². The molecule has 3 rings (SSSR count). The van der Waals surface area contributed by atoms with E-state index in [1.54, 1.807) is 35.7 Å². The van der Waals surface area contributed by atoms with Gasteiger partial charge >= 0.3 is 0 Å². The summed E-state index contributed by atoms with van der Waals surface area (Å²) >= 11 is 1.26. The lowest BCUT2D eigenvalue weighted by molar-refractivity contribution is -0.115. The molecular weight excluding hydrogens is 431 g/mol. The van der Waals surface area contributed by atoms with E-state index in [0.717, 1.165) is 6.07 Å². The fourth-order valence-corrected chi connectivity index (χ4v) is 3.40. The molecule has 0 aliphatic rings. The van der Waals surface area contributed by atoms with Crippen molar-refractivity contribution in [3.63, 3.8) is 0 Å². The Kier molecular flexibility index (Phi) is 6.71. The van der Waals surface area contributed by atoms with Gasteiger partial charge in [-0.3, -0.25) is 14.4 Å². The molecule has 31 heavy (non-hydrogen) atoms. The minimum absolute atomic E-state index is 0.140. The highest BCUT2D eigenvalue weighted by atomic mass is 32.1. The molecule has 3 aromatic rings. The van der Waals surface area contributed by atoms with Crippen LogP contribution in [0.5, 0.6) is 0 Å². The second-order valence-electron chi connectivity index (χ2n) is 6.31. The van der Waals surface area contributed by atoms with E-state index >= 15 is 0 Å². The molecule has 0 unspecified atom stereocenters. The number of hydrogen-bond donors (Lipinski definition) is 2. The summed E-state index contributed by atoms with van der Waals surface area (Å²) in [5.41, 5.74) is -0.0907. The summed E-state index contributed by atoms with van der Waals surface area (Å²) in [6.45, 7) is -0.561. The van der Waals surface area contributed by atoms with Crippen LogP contribution in [0, 0.1) is 17.5 Å². The molecule has 2 N–H and O–H groups in total. The van der Waals surface area contributed by atoms with Gasteiger partial charge in [0.15, 0.2) is 17.5 Å². The van der Waals surface area contributed by atoms with E-state index in [-0.39, 0.29) is 11.5 Å². The molecule has 0 bridgehead atoms. The molecule has 0 spiro atoms. The van der Waals surface area contributed by atoms with E-state index in [1.807, 2.05) is 0 Å². The van der Waals surface area contributed by atoms with E-state index in [9.17, 15) is 27.6 Å². The van der Waals surface area contributed by atoms with Crippen LogP contribution >= 0.6 is 11.3 Å². The number of nitrogens with zero attached hydrogens (tertiary/aromatic N) is 1. The first-order chi connectivity index (χ1) is 14.8. The van der Waals surface area contributed by atoms with Crippen LogP contribution in [0.2, 0.25) is 0 Å². The molecule has 0 atom stereocenters. The third-order valence-electron chi connectivity index (χ3n) is 4.27. The lowest BCUT2D eigenvalue weighted by Crippen LogP contribution is -2.35. The number of amides is 3. The number of para-hydroxylation sites is 1. The Labute approximate surface area is 179 Å². The van der Waals surface area contributed by atoms with Gasteiger partial charge < -0.3 is 15.5 Å². The summed E-state index contributed by atoms with van der Waals surface area (Å²) in [5.74, 6) is -6.45. The Morgan fingerprint density at radius 2 is 1.71 bits per heavy atom. The van der Waals surface area contributed by atoms with Crippen LogP contribution < -0.4 is 15.5 Å². The first-order valence-corrected chi connectivity index (χ1v) is 9.79. The normalized spacial score (nSPS) is 10.5. The number of hydrogen-bond acceptors (Lipinski definition) is 4. The van der Waals surface area contributed by atoms with Gasteiger partial charge in [-0.15, -0.1) is 11.3 Å². The van der Waals surface area contributed by atoms with Crippen molar-refractivity contribution < 1.29 is 27.6 Å². The summed E-state index contributed by atoms with van der Waals surface area (Å²) in [5, 5.41) is 6.18. The van der Waals surface area contributed by atoms with Gasteiger partial charge in [0, 0.05) is 7.05 Å². The van der Waals surface area contributed by atoms with Crippen molar-refractivity contribution in [2.75, 3.05) is 23.8 Å². The molecule has 0 saturated carbocycles. The standard InChI is InChI=1S/C21H16F3N3O3S/c1-27(21(30)16-7-4-10-31-16)15-6-3-2-5-12(15)20(29)25-11-17(28)26-14-9-8-13(22)18(23)19(14)24/h2-10H,11H2,1H3,(H,25,29)(H,26,28). The van der Waals surface area contributed by atoms with Crippen molar-refractivity contribution in [2.24, 2.45) is 0 Å². The van der Waals surface area contributed by atoms with Gasteiger partial charge in [0.2, 0.25) is 5.91 Å². The van der Waals surface area contributed by atoms with Crippen molar-refractivity contribution in [2.45, 2.75) is 0 Å². The molecule has 0 aliphatic heterocycles. The molecule has 1 aromatic heterocycles. The predicted molar refractivity (Wildman–Crippen MR) is 111 cm³/mol. The maximum atomic E-state index is 13.7. The highest BCUT2D eigenvalue weighted by Gasteiger charge is 2.21. The molecule has 1 heterocycles. The van der Waals surface area contributed by atoms with Crippen molar-refractivity contribution in [3.8, 4) is 0 Å². The predicted octanol–water partition coefficient (Wildman–Crippen LogP) is 3.81. The third-order valence-corrected chi connectivity index (χ3v) is 5.12. The molecule has 0 radical (unpaired) electrons. The van der Waals surface area contributed by atoms with Crippen LogP contribution in [0.1, 0.15) is 20.0 Å². The van der Waals surface area contributed by atoms with Gasteiger partial charge in [-0.1, -0.05) is 18.2 Å². The van der Waals surface area contributed by atoms with E-state index in [4.69, 9.17) is 0 Å². The summed E-state index contributed by atoms with van der Waals surface area (Å²) in [6, 6.07) is 11.2. The zero-order valence-corrected chi connectivity index (χ0v) is 16.9. The van der Waals surface area contributed by atoms with Crippen LogP contribution in [0.25, 0.3) is 0 Å². The highest BCUT2D eigenvalue weighted by molar-refractivity contribution is 7.12. The highest BCUT2D eigenvalue weighted by Crippen LogP contribution is 2.23. The molecule has 0 fully saturated rings. The minimum Gasteiger partial charge on any atom is -0.343 e. The topological polar surface area (TPSA) is 78.5 Å². The van der Waals surface area contributed by atoms with Gasteiger partial charge in [0.25, 0.3) is 11.8 Å². The molecular formula is C21H16F3N3O3S. The average molecular weight is 447 g/mol. The zero-order valence-electron chi connectivity index (χ0n) is 16.1. The Bertz CT molecular complexity index is 1140. The van der Waals surface area contributed by atoms with Crippen LogP contribution in [0.3, 0.4) is 0 Å². The average Bonchev–Trinajstić information content (AvgIpc) is 3.32. The number of halogens is 3. The van der Waals surface area contributed by atoms with Crippen molar-refractivity contribution in [1.29, 1.82) is 0 Å². The maximum absolute atomic E-state index is 13.7. The molecule has 10 heteroatoms. The van der Waals surface area contributed by atoms with Gasteiger partial charge in [-0.25, -0.2) is 13.2 Å². The summed E-state index contributed by atoms with van der Waals surface area (Å²) in [4.78, 5) is 39.0. The fourth-order valence-electron chi connectivity index (χ4n) is 2.71. The zero-order chi connectivity index (χ0) is 22.5. The number of rotatable bonds is 6. The quantitative estimate of drug-likeness (QED) is 0.564. The minimum atomic E-state index is -1.71. The SMILES string of the molecule is CN(C(=O)c1cccs1)c1ccccc1C(=O)NCC(=O)Nc1ccc(F)c(F)c1F. The maximum Gasteiger partial charge on any atom is 0.268 e. The fraction of sp³-hybridized carbons (Fsp3) is 0.0952. The molecule has 0 saturated heterocycles. The number of nitrogens with one attached hydrogen (secondary N) is 2. The first-order valence-electron chi connectivity index (χ1n) is 8.91. The van der Waals surface area contributed by atoms with Crippen LogP contribution in [0.4, 0.5) is 24.5 Å². The Hall–Kier alpha value is -3.66. The molecule has 6 nitrogen and oxygen atoms in total. The number of thiophene rings is 1. The van der Waals surface area contributed by atoms with Crippen molar-refractivity contribution in [3.05, 3.63) is 81.8 Å². The second-order valence-corrected chi connectivity index (χ2v) is 7.26. The van der Waals surface area contributed by atoms with Crippen LogP contribution in [-0.4, -0.2) is 31.3 Å². The van der Waals surface area contributed by atoms with Gasteiger partial charge in [0.1, 0.15) is 0 Å². The molecule has 2 aromatic carbocycles. The molecule has 160 valence electrons. The second kappa shape index (κ2) is 9.43. The van der Waals surface area contributed by atoms with E-state index in [2.05, 4.69) is 10.6 Å². The monoisotopic (exact) mass is 447 g/mol. The number of carbonyl (C=O) groups is 3. The van der Waals surface area contributed by atoms with Gasteiger partial charge in [0.05, 0.1) is 28.4 Å². The lowest BCUT2D eigenvalue weighted by Gasteiger charge is -2.19. The van der Waals surface area contributed by atoms with E-state index in [0.29, 0.717) is 16.6 Å². The Balaban J connectivity index is 1.68. The third kappa shape index (κ3) is 4.92. The van der Waals surface area contributed by atoms with E-state index < -0.39 is 41.5 Å². The van der Waals surface area contributed by atoms with E-state index in [1.165, 1.54) is 29.4 Å². The lowest BCUT2D eigenvalue weighted by atomic mass is 10.1. The Morgan fingerprint density at radius 3 is 2.42 bits per heavy atom. The van der Waals surface area contributed by atoms with Crippen molar-refractivity contribution in [1.82, 2.24) is 5.32 Å². The number of benzene rings is 2. The largest absolute Gasteiger partial charge is 0.343 e. The summed E-state index contributed by atoms with van der Waals surface area (Å²) in [7, 11) is 1.52. The van der Waals surface area contributed by atoms with Gasteiger partial charge in [-0.2, -0.15) is 0 Å². The summed E-state index contributed by atoms with van der Waals surface area (Å²) < 4.78 is 39.9. The van der Waals surface area contributed by atoms with Crippen LogP contribution in [-0.2, 0) is 4.79 Å². The molecule has 3 amide bonds.